The van der Waals surface area contributed by atoms with E-state index in [1.54, 1.807) is 19.5 Å². The maximum atomic E-state index is 5.47. The fourth-order valence-electron chi connectivity index (χ4n) is 2.26. The summed E-state index contributed by atoms with van der Waals surface area (Å²) in [6, 6.07) is -0.0334. The number of aryl methyl sites for hydroxylation is 1. The van der Waals surface area contributed by atoms with Gasteiger partial charge in [0.2, 0.25) is 0 Å². The summed E-state index contributed by atoms with van der Waals surface area (Å²) in [7, 11) is 1.68. The smallest absolute Gasteiger partial charge is 0.162 e. The topological polar surface area (TPSA) is 67.8 Å². The third kappa shape index (κ3) is 3.01. The number of rotatable bonds is 8. The average Bonchev–Trinajstić information content (AvgIpc) is 3.10. The van der Waals surface area contributed by atoms with Crippen molar-refractivity contribution in [3.8, 4) is 5.75 Å². The maximum Gasteiger partial charge on any atom is 0.162 e. The summed E-state index contributed by atoms with van der Waals surface area (Å²) >= 11 is 0. The maximum absolute atomic E-state index is 5.47. The first kappa shape index (κ1) is 14.6. The second-order valence-electron chi connectivity index (χ2n) is 4.68. The Hall–Kier alpha value is -1.82. The fourth-order valence-corrected chi connectivity index (χ4v) is 2.26. The van der Waals surface area contributed by atoms with Crippen molar-refractivity contribution < 1.29 is 4.74 Å². The molecule has 2 rings (SSSR count). The number of hydrogen-bond acceptors (Lipinski definition) is 4. The van der Waals surface area contributed by atoms with Gasteiger partial charge in [-0.25, -0.2) is 4.98 Å². The lowest BCUT2D eigenvalue weighted by atomic mass is 10.1. The lowest BCUT2D eigenvalue weighted by molar-refractivity contribution is 0.395. The van der Waals surface area contributed by atoms with Crippen molar-refractivity contribution in [3.05, 3.63) is 30.1 Å². The lowest BCUT2D eigenvalue weighted by Gasteiger charge is -2.19. The Labute approximate surface area is 119 Å². The molecule has 0 aliphatic carbocycles. The minimum absolute atomic E-state index is 0.0334. The van der Waals surface area contributed by atoms with Crippen molar-refractivity contribution in [1.82, 2.24) is 25.1 Å². The van der Waals surface area contributed by atoms with Gasteiger partial charge < -0.3 is 15.0 Å². The van der Waals surface area contributed by atoms with Crippen molar-refractivity contribution in [2.75, 3.05) is 13.7 Å². The Morgan fingerprint density at radius 2 is 2.25 bits per heavy atom. The summed E-state index contributed by atoms with van der Waals surface area (Å²) in [5, 5.41) is 7.94. The molecule has 1 unspecified atom stereocenters. The van der Waals surface area contributed by atoms with Crippen LogP contribution in [-0.2, 0) is 6.54 Å². The van der Waals surface area contributed by atoms with Gasteiger partial charge in [-0.15, -0.1) is 0 Å². The van der Waals surface area contributed by atoms with Crippen LogP contribution in [0.2, 0.25) is 0 Å². The van der Waals surface area contributed by atoms with Gasteiger partial charge in [-0.2, -0.15) is 5.10 Å². The van der Waals surface area contributed by atoms with Crippen molar-refractivity contribution in [1.29, 1.82) is 0 Å². The summed E-state index contributed by atoms with van der Waals surface area (Å²) in [5.41, 5.74) is 1.03. The summed E-state index contributed by atoms with van der Waals surface area (Å²) in [6.45, 7) is 6.06. The second kappa shape index (κ2) is 7.09. The molecule has 0 fully saturated rings. The van der Waals surface area contributed by atoms with Gasteiger partial charge in [0.15, 0.2) is 5.75 Å². The van der Waals surface area contributed by atoms with Crippen LogP contribution in [0.5, 0.6) is 5.75 Å². The zero-order valence-corrected chi connectivity index (χ0v) is 12.4. The molecule has 0 bridgehead atoms. The molecule has 0 aliphatic heterocycles. The highest BCUT2D eigenvalue weighted by Crippen LogP contribution is 2.28. The first-order chi connectivity index (χ1) is 9.81. The number of aromatic amines is 1. The fraction of sp³-hybridized carbons (Fsp3) is 0.571. The van der Waals surface area contributed by atoms with Crippen LogP contribution in [0.15, 0.2) is 18.6 Å². The lowest BCUT2D eigenvalue weighted by Crippen LogP contribution is -2.27. The molecule has 2 heterocycles. The Kier molecular flexibility index (Phi) is 5.17. The van der Waals surface area contributed by atoms with Crippen LogP contribution < -0.4 is 10.1 Å². The first-order valence-corrected chi connectivity index (χ1v) is 7.14. The molecule has 0 saturated heterocycles. The van der Waals surface area contributed by atoms with Crippen LogP contribution in [0.25, 0.3) is 0 Å². The number of hydrogen-bond donors (Lipinski definition) is 2. The molecule has 0 saturated carbocycles. The van der Waals surface area contributed by atoms with Crippen LogP contribution in [0.3, 0.4) is 0 Å². The van der Waals surface area contributed by atoms with E-state index in [4.69, 9.17) is 4.74 Å². The molecule has 0 radical (unpaired) electrons. The molecular formula is C14H23N5O. The molecular weight excluding hydrogens is 254 g/mol. The van der Waals surface area contributed by atoms with Crippen LogP contribution in [0.4, 0.5) is 0 Å². The summed E-state index contributed by atoms with van der Waals surface area (Å²) in [5.74, 6) is 1.68. The molecule has 2 N–H and O–H groups in total. The van der Waals surface area contributed by atoms with Gasteiger partial charge in [0.25, 0.3) is 0 Å². The first-order valence-electron chi connectivity index (χ1n) is 7.14. The van der Waals surface area contributed by atoms with Gasteiger partial charge in [0.1, 0.15) is 17.6 Å². The Morgan fingerprint density at radius 3 is 2.85 bits per heavy atom. The quantitative estimate of drug-likeness (QED) is 0.775. The number of nitrogens with zero attached hydrogens (tertiary/aromatic N) is 3. The molecule has 0 aromatic carbocycles. The van der Waals surface area contributed by atoms with E-state index >= 15 is 0 Å². The Balaban J connectivity index is 2.38. The minimum atomic E-state index is -0.0334. The number of H-pyrrole nitrogens is 1. The standard InChI is InChI=1S/C14H23N5O/c1-4-6-15-12(14-16-7-8-17-14)13-11(20-3)10-18-19(13)9-5-2/h7-8,10,12,15H,4-6,9H2,1-3H3,(H,16,17). The highest BCUT2D eigenvalue weighted by molar-refractivity contribution is 5.32. The zero-order valence-electron chi connectivity index (χ0n) is 12.4. The van der Waals surface area contributed by atoms with E-state index in [1.165, 1.54) is 0 Å². The predicted octanol–water partition coefficient (Wildman–Crippen LogP) is 2.11. The highest BCUT2D eigenvalue weighted by Gasteiger charge is 2.24. The molecule has 0 amide bonds. The van der Waals surface area contributed by atoms with Crippen molar-refractivity contribution in [2.45, 2.75) is 39.3 Å². The molecule has 110 valence electrons. The molecule has 0 aliphatic rings. The van der Waals surface area contributed by atoms with E-state index in [2.05, 4.69) is 34.2 Å². The molecule has 6 nitrogen and oxygen atoms in total. The number of methoxy groups -OCH3 is 1. The van der Waals surface area contributed by atoms with Crippen molar-refractivity contribution in [2.24, 2.45) is 0 Å². The van der Waals surface area contributed by atoms with E-state index in [0.717, 1.165) is 43.2 Å². The van der Waals surface area contributed by atoms with E-state index < -0.39 is 0 Å². The summed E-state index contributed by atoms with van der Waals surface area (Å²) in [6.07, 6.45) is 7.46. The number of nitrogens with one attached hydrogen (secondary N) is 2. The largest absolute Gasteiger partial charge is 0.493 e. The van der Waals surface area contributed by atoms with Crippen LogP contribution in [-0.4, -0.2) is 33.4 Å². The van der Waals surface area contributed by atoms with Gasteiger partial charge in [-0.1, -0.05) is 13.8 Å². The molecule has 0 spiro atoms. The van der Waals surface area contributed by atoms with Gasteiger partial charge in [0, 0.05) is 18.9 Å². The van der Waals surface area contributed by atoms with Crippen LogP contribution in [0, 0.1) is 0 Å². The minimum Gasteiger partial charge on any atom is -0.493 e. The average molecular weight is 277 g/mol. The summed E-state index contributed by atoms with van der Waals surface area (Å²) in [4.78, 5) is 7.57. The number of ether oxygens (including phenoxy) is 1. The van der Waals surface area contributed by atoms with E-state index in [-0.39, 0.29) is 6.04 Å². The van der Waals surface area contributed by atoms with Gasteiger partial charge in [-0.3, -0.25) is 4.68 Å². The van der Waals surface area contributed by atoms with E-state index in [0.29, 0.717) is 0 Å². The van der Waals surface area contributed by atoms with Crippen LogP contribution >= 0.6 is 0 Å². The third-order valence-electron chi connectivity index (χ3n) is 3.16. The SMILES string of the molecule is CCCNC(c1ncc[nH]1)c1c(OC)cnn1CCC. The second-order valence-corrected chi connectivity index (χ2v) is 4.68. The van der Waals surface area contributed by atoms with E-state index in [9.17, 15) is 0 Å². The number of imidazole rings is 1. The van der Waals surface area contributed by atoms with Crippen molar-refractivity contribution in [3.63, 3.8) is 0 Å². The third-order valence-corrected chi connectivity index (χ3v) is 3.16. The van der Waals surface area contributed by atoms with Gasteiger partial charge >= 0.3 is 0 Å². The Morgan fingerprint density at radius 1 is 1.40 bits per heavy atom. The van der Waals surface area contributed by atoms with Crippen molar-refractivity contribution >= 4 is 0 Å². The Bertz CT molecular complexity index is 506. The normalized spacial score (nSPS) is 12.6. The molecule has 2 aromatic heterocycles. The molecule has 20 heavy (non-hydrogen) atoms. The highest BCUT2D eigenvalue weighted by atomic mass is 16.5. The van der Waals surface area contributed by atoms with Crippen LogP contribution in [0.1, 0.15) is 44.2 Å². The summed E-state index contributed by atoms with van der Waals surface area (Å²) < 4.78 is 7.46. The number of aromatic nitrogens is 4. The van der Waals surface area contributed by atoms with E-state index in [1.807, 2.05) is 10.9 Å². The van der Waals surface area contributed by atoms with Gasteiger partial charge in [0.05, 0.1) is 13.3 Å². The predicted molar refractivity (Wildman–Crippen MR) is 77.8 cm³/mol. The zero-order chi connectivity index (χ0) is 14.4. The monoisotopic (exact) mass is 277 g/mol. The molecule has 1 atom stereocenters. The molecule has 6 heteroatoms. The molecule has 2 aromatic rings. The van der Waals surface area contributed by atoms with Gasteiger partial charge in [-0.05, 0) is 19.4 Å².